The quantitative estimate of drug-likeness (QED) is 0.260. The van der Waals surface area contributed by atoms with Crippen LogP contribution in [0.4, 0.5) is 19.1 Å². The van der Waals surface area contributed by atoms with Crippen molar-refractivity contribution in [2.24, 2.45) is 0 Å². The number of benzene rings is 2. The highest BCUT2D eigenvalue weighted by Gasteiger charge is 2.38. The molecule has 2 aromatic carbocycles. The molecule has 5 aromatic rings. The summed E-state index contributed by atoms with van der Waals surface area (Å²) in [6.07, 6.45) is -1.13. The number of nitrogens with zero attached hydrogens (tertiary/aromatic N) is 3. The van der Waals surface area contributed by atoms with E-state index in [0.29, 0.717) is 21.3 Å². The maximum absolute atomic E-state index is 13.2. The van der Waals surface area contributed by atoms with E-state index in [4.69, 9.17) is 21.5 Å². The molecule has 190 valence electrons. The van der Waals surface area contributed by atoms with E-state index in [2.05, 4.69) is 20.3 Å². The van der Waals surface area contributed by atoms with Crippen LogP contribution in [0.5, 0.6) is 0 Å². The van der Waals surface area contributed by atoms with Crippen molar-refractivity contribution in [2.75, 3.05) is 5.32 Å². The highest BCUT2D eigenvalue weighted by Crippen LogP contribution is 2.32. The standard InChI is InChI=1S/C22H16ClN5OS.C2HF3O2/c23-13-3-1-12(2-4-13)19-10-18-20(30-19)21(29)28(11-24-18)15-7-8-16-17(9-15)27-22(26-16)25-14-5-6-14;3-2(4,5)1(6)7/h1-4,7-11,14H,5-6H2,(H2,25,26,27);(H,6,7). The van der Waals surface area contributed by atoms with Crippen LogP contribution in [0, 0.1) is 0 Å². The molecular formula is C24H17ClF3N5O3S. The van der Waals surface area contributed by atoms with Crippen LogP contribution >= 0.6 is 22.9 Å². The van der Waals surface area contributed by atoms with Crippen LogP contribution in [-0.4, -0.2) is 42.8 Å². The third kappa shape index (κ3) is 5.44. The Morgan fingerprint density at radius 2 is 1.84 bits per heavy atom. The Morgan fingerprint density at radius 3 is 2.49 bits per heavy atom. The molecule has 3 N–H and O–H groups in total. The second-order valence-corrected chi connectivity index (χ2v) is 9.75. The minimum atomic E-state index is -5.08. The molecule has 37 heavy (non-hydrogen) atoms. The molecule has 1 aliphatic rings. The fraction of sp³-hybridized carbons (Fsp3) is 0.167. The van der Waals surface area contributed by atoms with Crippen LogP contribution in [-0.2, 0) is 4.79 Å². The molecular weight excluding hydrogens is 531 g/mol. The normalized spacial score (nSPS) is 13.4. The number of halogens is 4. The average molecular weight is 548 g/mol. The molecule has 0 atom stereocenters. The van der Waals surface area contributed by atoms with Gasteiger partial charge in [-0.25, -0.2) is 14.8 Å². The predicted octanol–water partition coefficient (Wildman–Crippen LogP) is 5.85. The molecule has 1 saturated carbocycles. The molecule has 0 radical (unpaired) electrons. The number of aliphatic carboxylic acids is 1. The summed E-state index contributed by atoms with van der Waals surface area (Å²) < 4.78 is 33.9. The molecule has 0 saturated heterocycles. The lowest BCUT2D eigenvalue weighted by molar-refractivity contribution is -0.192. The molecule has 1 aliphatic carbocycles. The van der Waals surface area contributed by atoms with Gasteiger partial charge in [-0.1, -0.05) is 23.7 Å². The van der Waals surface area contributed by atoms with Crippen LogP contribution in [0.2, 0.25) is 5.02 Å². The second kappa shape index (κ2) is 9.52. The molecule has 0 unspecified atom stereocenters. The van der Waals surface area contributed by atoms with Crippen molar-refractivity contribution < 1.29 is 23.1 Å². The fourth-order valence-electron chi connectivity index (χ4n) is 3.49. The summed E-state index contributed by atoms with van der Waals surface area (Å²) in [5, 5.41) is 11.2. The van der Waals surface area contributed by atoms with Gasteiger partial charge in [-0.3, -0.25) is 9.36 Å². The van der Waals surface area contributed by atoms with Gasteiger partial charge in [-0.2, -0.15) is 13.2 Å². The van der Waals surface area contributed by atoms with Crippen molar-refractivity contribution in [1.29, 1.82) is 0 Å². The van der Waals surface area contributed by atoms with Gasteiger partial charge in [0.2, 0.25) is 5.95 Å². The lowest BCUT2D eigenvalue weighted by atomic mass is 10.2. The summed E-state index contributed by atoms with van der Waals surface area (Å²) in [6.45, 7) is 0. The largest absolute Gasteiger partial charge is 0.490 e. The Balaban J connectivity index is 0.000000355. The number of carbonyl (C=O) groups is 1. The summed E-state index contributed by atoms with van der Waals surface area (Å²) >= 11 is 7.43. The van der Waals surface area contributed by atoms with Crippen molar-refractivity contribution in [3.63, 3.8) is 0 Å². The van der Waals surface area contributed by atoms with Crippen LogP contribution in [0.15, 0.2) is 59.7 Å². The number of thiophene rings is 1. The first-order chi connectivity index (χ1) is 17.6. The van der Waals surface area contributed by atoms with E-state index in [1.165, 1.54) is 24.2 Å². The van der Waals surface area contributed by atoms with Gasteiger partial charge in [-0.15, -0.1) is 11.3 Å². The minimum absolute atomic E-state index is 0.0830. The number of imidazole rings is 1. The van der Waals surface area contributed by atoms with Crippen LogP contribution < -0.4 is 10.9 Å². The summed E-state index contributed by atoms with van der Waals surface area (Å²) in [6, 6.07) is 15.8. The first-order valence-electron chi connectivity index (χ1n) is 10.9. The lowest BCUT2D eigenvalue weighted by Crippen LogP contribution is -2.21. The van der Waals surface area contributed by atoms with Crippen molar-refractivity contribution in [2.45, 2.75) is 25.1 Å². The number of fused-ring (bicyclic) bond motifs is 2. The average Bonchev–Trinajstić information content (AvgIpc) is 3.39. The van der Waals surface area contributed by atoms with Gasteiger partial charge in [0.1, 0.15) is 11.0 Å². The first kappa shape index (κ1) is 24.8. The number of hydrogen-bond donors (Lipinski definition) is 3. The summed E-state index contributed by atoms with van der Waals surface area (Å²) in [4.78, 5) is 35.5. The zero-order chi connectivity index (χ0) is 26.3. The molecule has 8 nitrogen and oxygen atoms in total. The van der Waals surface area contributed by atoms with Crippen LogP contribution in [0.25, 0.3) is 37.4 Å². The molecule has 0 amide bonds. The van der Waals surface area contributed by atoms with Crippen molar-refractivity contribution in [3.05, 3.63) is 70.2 Å². The Hall–Kier alpha value is -3.90. The van der Waals surface area contributed by atoms with Crippen LogP contribution in [0.1, 0.15) is 12.8 Å². The molecule has 3 aromatic heterocycles. The third-order valence-corrected chi connectivity index (χ3v) is 6.88. The van der Waals surface area contributed by atoms with E-state index in [0.717, 1.165) is 33.1 Å². The topological polar surface area (TPSA) is 113 Å². The van der Waals surface area contributed by atoms with E-state index in [1.807, 2.05) is 48.5 Å². The molecule has 0 aliphatic heterocycles. The van der Waals surface area contributed by atoms with Crippen molar-refractivity contribution >= 4 is 56.1 Å². The van der Waals surface area contributed by atoms with Gasteiger partial charge in [0.15, 0.2) is 0 Å². The zero-order valence-electron chi connectivity index (χ0n) is 18.7. The van der Waals surface area contributed by atoms with Crippen molar-refractivity contribution in [1.82, 2.24) is 19.5 Å². The van der Waals surface area contributed by atoms with Gasteiger partial charge in [0, 0.05) is 15.9 Å². The number of carboxylic acid groups (broad SMARTS) is 1. The summed E-state index contributed by atoms with van der Waals surface area (Å²) in [5.74, 6) is -1.98. The Bertz CT molecular complexity index is 1670. The Morgan fingerprint density at radius 1 is 1.14 bits per heavy atom. The Kier molecular flexibility index (Phi) is 6.38. The highest BCUT2D eigenvalue weighted by atomic mass is 35.5. The highest BCUT2D eigenvalue weighted by molar-refractivity contribution is 7.22. The number of nitrogens with one attached hydrogen (secondary N) is 2. The smallest absolute Gasteiger partial charge is 0.475 e. The molecule has 1 fully saturated rings. The monoisotopic (exact) mass is 547 g/mol. The van der Waals surface area contributed by atoms with Gasteiger partial charge in [0.25, 0.3) is 5.56 Å². The Labute approximate surface area is 215 Å². The SMILES string of the molecule is O=C(O)C(F)(F)F.O=c1c2sc(-c3ccc(Cl)cc3)cc2ncn1-c1ccc2nc(NC3CC3)[nH]c2c1. The van der Waals surface area contributed by atoms with Gasteiger partial charge >= 0.3 is 12.1 Å². The van der Waals surface area contributed by atoms with E-state index in [-0.39, 0.29) is 5.56 Å². The van der Waals surface area contributed by atoms with Gasteiger partial charge < -0.3 is 15.4 Å². The van der Waals surface area contributed by atoms with Gasteiger partial charge in [-0.05, 0) is 54.8 Å². The number of H-pyrrole nitrogens is 1. The number of rotatable bonds is 4. The lowest BCUT2D eigenvalue weighted by Gasteiger charge is -2.04. The number of anilines is 1. The molecule has 0 spiro atoms. The first-order valence-corrected chi connectivity index (χ1v) is 12.1. The zero-order valence-corrected chi connectivity index (χ0v) is 20.3. The maximum atomic E-state index is 13.2. The molecule has 6 rings (SSSR count). The van der Waals surface area contributed by atoms with E-state index in [1.54, 1.807) is 10.9 Å². The van der Waals surface area contributed by atoms with E-state index in [9.17, 15) is 18.0 Å². The number of aromatic nitrogens is 4. The maximum Gasteiger partial charge on any atom is 0.490 e. The van der Waals surface area contributed by atoms with E-state index < -0.39 is 12.1 Å². The molecule has 0 bridgehead atoms. The third-order valence-electron chi connectivity index (χ3n) is 5.47. The fourth-order valence-corrected chi connectivity index (χ4v) is 4.66. The second-order valence-electron chi connectivity index (χ2n) is 8.26. The minimum Gasteiger partial charge on any atom is -0.475 e. The number of carboxylic acids is 1. The van der Waals surface area contributed by atoms with Crippen LogP contribution in [0.3, 0.4) is 0 Å². The summed E-state index contributed by atoms with van der Waals surface area (Å²) in [7, 11) is 0. The number of hydrogen-bond acceptors (Lipinski definition) is 6. The van der Waals surface area contributed by atoms with Crippen molar-refractivity contribution in [3.8, 4) is 16.1 Å². The predicted molar refractivity (Wildman–Crippen MR) is 136 cm³/mol. The molecule has 13 heteroatoms. The summed E-state index contributed by atoms with van der Waals surface area (Å²) in [5.41, 5.74) is 4.14. The number of alkyl halides is 3. The van der Waals surface area contributed by atoms with Gasteiger partial charge in [0.05, 0.1) is 22.2 Å². The van der Waals surface area contributed by atoms with E-state index >= 15 is 0 Å². The molecule has 3 heterocycles. The number of aromatic amines is 1.